The summed E-state index contributed by atoms with van der Waals surface area (Å²) in [6, 6.07) is 12.6. The van der Waals surface area contributed by atoms with Gasteiger partial charge in [0.2, 0.25) is 0 Å². The summed E-state index contributed by atoms with van der Waals surface area (Å²) in [5, 5.41) is 1.07. The normalized spacial score (nSPS) is 10.9. The average molecular weight is 350 g/mol. The molecule has 0 spiro atoms. The minimum atomic E-state index is -0.0916. The Morgan fingerprint density at radius 2 is 1.80 bits per heavy atom. The van der Waals surface area contributed by atoms with E-state index in [-0.39, 0.29) is 5.43 Å². The molecule has 0 bridgehead atoms. The molecular weight excluding hydrogens is 340 g/mol. The van der Waals surface area contributed by atoms with Crippen LogP contribution in [0.2, 0.25) is 5.02 Å². The molecule has 100 valence electrons. The minimum absolute atomic E-state index is 0.0916. The van der Waals surface area contributed by atoms with Crippen molar-refractivity contribution in [1.29, 1.82) is 0 Å². The van der Waals surface area contributed by atoms with E-state index in [4.69, 9.17) is 16.0 Å². The van der Waals surface area contributed by atoms with Gasteiger partial charge in [0.25, 0.3) is 0 Å². The molecule has 0 radical (unpaired) electrons. The van der Waals surface area contributed by atoms with Crippen molar-refractivity contribution in [3.05, 3.63) is 67.7 Å². The highest BCUT2D eigenvalue weighted by molar-refractivity contribution is 9.10. The number of rotatable bonds is 1. The highest BCUT2D eigenvalue weighted by Gasteiger charge is 2.09. The van der Waals surface area contributed by atoms with Crippen LogP contribution in [0.1, 0.15) is 5.56 Å². The first kappa shape index (κ1) is 13.4. The summed E-state index contributed by atoms with van der Waals surface area (Å²) in [4.78, 5) is 12.2. The standard InChI is InChI=1S/C16H10BrClO2/c1-9-6-16-12(7-13(9)18)14(19)8-15(20-16)10-2-4-11(17)5-3-10/h2-8H,1H3. The molecule has 3 aromatic rings. The maximum absolute atomic E-state index is 12.2. The van der Waals surface area contributed by atoms with Crippen LogP contribution in [0.25, 0.3) is 22.3 Å². The van der Waals surface area contributed by atoms with E-state index in [1.165, 1.54) is 6.07 Å². The molecule has 2 nitrogen and oxygen atoms in total. The Bertz CT molecular complexity index is 851. The summed E-state index contributed by atoms with van der Waals surface area (Å²) >= 11 is 9.43. The Morgan fingerprint density at radius 3 is 2.50 bits per heavy atom. The van der Waals surface area contributed by atoms with Crippen molar-refractivity contribution in [1.82, 2.24) is 0 Å². The minimum Gasteiger partial charge on any atom is -0.456 e. The predicted molar refractivity (Wildman–Crippen MR) is 85.4 cm³/mol. The Kier molecular flexibility index (Phi) is 3.40. The van der Waals surface area contributed by atoms with Gasteiger partial charge in [0, 0.05) is 21.1 Å². The van der Waals surface area contributed by atoms with Crippen molar-refractivity contribution in [2.75, 3.05) is 0 Å². The molecule has 3 rings (SSSR count). The van der Waals surface area contributed by atoms with Gasteiger partial charge >= 0.3 is 0 Å². The number of hydrogen-bond acceptors (Lipinski definition) is 2. The SMILES string of the molecule is Cc1cc2oc(-c3ccc(Br)cc3)cc(=O)c2cc1Cl. The van der Waals surface area contributed by atoms with E-state index in [1.54, 1.807) is 12.1 Å². The first-order valence-corrected chi connectivity index (χ1v) is 7.21. The topological polar surface area (TPSA) is 30.2 Å². The fraction of sp³-hybridized carbons (Fsp3) is 0.0625. The van der Waals surface area contributed by atoms with E-state index < -0.39 is 0 Å². The van der Waals surface area contributed by atoms with Gasteiger partial charge < -0.3 is 4.42 Å². The second-order valence-corrected chi connectivity index (χ2v) is 5.90. The number of halogens is 2. The summed E-state index contributed by atoms with van der Waals surface area (Å²) in [6.45, 7) is 1.88. The molecule has 0 amide bonds. The van der Waals surface area contributed by atoms with Crippen molar-refractivity contribution >= 4 is 38.5 Å². The van der Waals surface area contributed by atoms with E-state index in [0.29, 0.717) is 21.8 Å². The lowest BCUT2D eigenvalue weighted by molar-refractivity contribution is 0.618. The zero-order valence-corrected chi connectivity index (χ0v) is 13.0. The third-order valence-electron chi connectivity index (χ3n) is 3.14. The van der Waals surface area contributed by atoms with Crippen LogP contribution >= 0.6 is 27.5 Å². The summed E-state index contributed by atoms with van der Waals surface area (Å²) in [7, 11) is 0. The molecule has 1 aromatic heterocycles. The molecule has 1 heterocycles. The fourth-order valence-electron chi connectivity index (χ4n) is 2.03. The number of aryl methyl sites for hydroxylation is 1. The largest absolute Gasteiger partial charge is 0.456 e. The average Bonchev–Trinajstić information content (AvgIpc) is 2.42. The van der Waals surface area contributed by atoms with Crippen LogP contribution in [0.4, 0.5) is 0 Å². The van der Waals surface area contributed by atoms with E-state index in [1.807, 2.05) is 31.2 Å². The van der Waals surface area contributed by atoms with Crippen LogP contribution in [0.3, 0.4) is 0 Å². The summed E-state index contributed by atoms with van der Waals surface area (Å²) in [5.41, 5.74) is 2.21. The van der Waals surface area contributed by atoms with Gasteiger partial charge in [-0.15, -0.1) is 0 Å². The Hall–Kier alpha value is -1.58. The molecule has 0 saturated heterocycles. The molecule has 0 aliphatic carbocycles. The van der Waals surface area contributed by atoms with Gasteiger partial charge in [-0.05, 0) is 36.8 Å². The lowest BCUT2D eigenvalue weighted by atomic mass is 10.1. The van der Waals surface area contributed by atoms with Crippen LogP contribution in [-0.4, -0.2) is 0 Å². The third kappa shape index (κ3) is 2.39. The van der Waals surface area contributed by atoms with Crippen LogP contribution in [-0.2, 0) is 0 Å². The zero-order valence-electron chi connectivity index (χ0n) is 10.6. The summed E-state index contributed by atoms with van der Waals surface area (Å²) < 4.78 is 6.81. The molecular formula is C16H10BrClO2. The van der Waals surface area contributed by atoms with Gasteiger partial charge in [-0.2, -0.15) is 0 Å². The van der Waals surface area contributed by atoms with Gasteiger partial charge in [-0.3, -0.25) is 4.79 Å². The van der Waals surface area contributed by atoms with Crippen LogP contribution < -0.4 is 5.43 Å². The van der Waals surface area contributed by atoms with Gasteiger partial charge in [0.05, 0.1) is 5.39 Å². The highest BCUT2D eigenvalue weighted by Crippen LogP contribution is 2.26. The van der Waals surface area contributed by atoms with Crippen LogP contribution in [0.15, 0.2) is 56.1 Å². The smallest absolute Gasteiger partial charge is 0.193 e. The second-order valence-electron chi connectivity index (χ2n) is 4.58. The molecule has 20 heavy (non-hydrogen) atoms. The first-order valence-electron chi connectivity index (χ1n) is 6.04. The lowest BCUT2D eigenvalue weighted by Gasteiger charge is -2.05. The van der Waals surface area contributed by atoms with Gasteiger partial charge in [0.1, 0.15) is 11.3 Å². The monoisotopic (exact) mass is 348 g/mol. The molecule has 0 aliphatic rings. The van der Waals surface area contributed by atoms with Crippen molar-refractivity contribution in [3.8, 4) is 11.3 Å². The molecule has 0 aliphatic heterocycles. The third-order valence-corrected chi connectivity index (χ3v) is 4.07. The van der Waals surface area contributed by atoms with Crippen molar-refractivity contribution < 1.29 is 4.42 Å². The first-order chi connectivity index (χ1) is 9.54. The zero-order chi connectivity index (χ0) is 14.3. The molecule has 4 heteroatoms. The van der Waals surface area contributed by atoms with Crippen molar-refractivity contribution in [2.45, 2.75) is 6.92 Å². The van der Waals surface area contributed by atoms with E-state index in [9.17, 15) is 4.79 Å². The molecule has 0 saturated carbocycles. The molecule has 0 unspecified atom stereocenters. The Balaban J connectivity index is 2.26. The molecule has 2 aromatic carbocycles. The van der Waals surface area contributed by atoms with Gasteiger partial charge in [-0.25, -0.2) is 0 Å². The molecule has 0 fully saturated rings. The molecule has 0 atom stereocenters. The van der Waals surface area contributed by atoms with Crippen LogP contribution in [0, 0.1) is 6.92 Å². The Labute approximate surface area is 129 Å². The number of benzene rings is 2. The van der Waals surface area contributed by atoms with E-state index in [0.717, 1.165) is 15.6 Å². The number of fused-ring (bicyclic) bond motifs is 1. The predicted octanol–water partition coefficient (Wildman–Crippen LogP) is 5.18. The summed E-state index contributed by atoms with van der Waals surface area (Å²) in [5.74, 6) is 0.553. The lowest BCUT2D eigenvalue weighted by Crippen LogP contribution is -2.00. The van der Waals surface area contributed by atoms with E-state index in [2.05, 4.69) is 15.9 Å². The van der Waals surface area contributed by atoms with Gasteiger partial charge in [0.15, 0.2) is 5.43 Å². The van der Waals surface area contributed by atoms with Gasteiger partial charge in [-0.1, -0.05) is 39.7 Å². The van der Waals surface area contributed by atoms with Crippen LogP contribution in [0.5, 0.6) is 0 Å². The maximum Gasteiger partial charge on any atom is 0.193 e. The Morgan fingerprint density at radius 1 is 1.10 bits per heavy atom. The maximum atomic E-state index is 12.2. The number of hydrogen-bond donors (Lipinski definition) is 0. The summed E-state index contributed by atoms with van der Waals surface area (Å²) in [6.07, 6.45) is 0. The second kappa shape index (κ2) is 5.08. The van der Waals surface area contributed by atoms with E-state index >= 15 is 0 Å². The fourth-order valence-corrected chi connectivity index (χ4v) is 2.46. The quantitative estimate of drug-likeness (QED) is 0.605. The van der Waals surface area contributed by atoms with Crippen molar-refractivity contribution in [2.24, 2.45) is 0 Å². The highest BCUT2D eigenvalue weighted by atomic mass is 79.9. The molecule has 0 N–H and O–H groups in total. The van der Waals surface area contributed by atoms with Crippen molar-refractivity contribution in [3.63, 3.8) is 0 Å².